The number of hydrogen-bond donors (Lipinski definition) is 1. The van der Waals surface area contributed by atoms with E-state index in [9.17, 15) is 4.79 Å². The summed E-state index contributed by atoms with van der Waals surface area (Å²) < 4.78 is 12.8. The second kappa shape index (κ2) is 9.19. The van der Waals surface area contributed by atoms with Gasteiger partial charge in [0.25, 0.3) is 0 Å². The SMILES string of the molecule is COCC(=O)NC(C)c1nc2ccccc2n1CCCOc1ccccc1. The average molecular weight is 367 g/mol. The van der Waals surface area contributed by atoms with Crippen LogP contribution in [0.25, 0.3) is 11.0 Å². The minimum Gasteiger partial charge on any atom is -0.494 e. The molecule has 0 aliphatic heterocycles. The summed E-state index contributed by atoms with van der Waals surface area (Å²) >= 11 is 0. The molecule has 0 radical (unpaired) electrons. The maximum absolute atomic E-state index is 11.9. The van der Waals surface area contributed by atoms with Crippen molar-refractivity contribution >= 4 is 16.9 Å². The van der Waals surface area contributed by atoms with E-state index in [-0.39, 0.29) is 18.6 Å². The number of carbonyl (C=O) groups excluding carboxylic acids is 1. The molecule has 0 aliphatic carbocycles. The number of hydrogen-bond acceptors (Lipinski definition) is 4. The lowest BCUT2D eigenvalue weighted by Gasteiger charge is -2.16. The lowest BCUT2D eigenvalue weighted by molar-refractivity contribution is -0.125. The second-order valence-electron chi connectivity index (χ2n) is 6.35. The zero-order valence-electron chi connectivity index (χ0n) is 15.7. The van der Waals surface area contributed by atoms with Gasteiger partial charge < -0.3 is 19.4 Å². The van der Waals surface area contributed by atoms with Crippen LogP contribution >= 0.6 is 0 Å². The van der Waals surface area contributed by atoms with Crippen molar-refractivity contribution in [1.29, 1.82) is 0 Å². The van der Waals surface area contributed by atoms with Crippen LogP contribution < -0.4 is 10.1 Å². The van der Waals surface area contributed by atoms with Gasteiger partial charge in [0.2, 0.25) is 5.91 Å². The first-order chi connectivity index (χ1) is 13.2. The molecule has 0 aliphatic rings. The first-order valence-corrected chi connectivity index (χ1v) is 9.10. The molecular weight excluding hydrogens is 342 g/mol. The fourth-order valence-electron chi connectivity index (χ4n) is 3.07. The van der Waals surface area contributed by atoms with E-state index in [1.165, 1.54) is 7.11 Å². The predicted octanol–water partition coefficient (Wildman–Crippen LogP) is 3.33. The number of imidazole rings is 1. The summed E-state index contributed by atoms with van der Waals surface area (Å²) in [7, 11) is 1.51. The van der Waals surface area contributed by atoms with Crippen LogP contribution in [0, 0.1) is 0 Å². The lowest BCUT2D eigenvalue weighted by atomic mass is 10.3. The van der Waals surface area contributed by atoms with Gasteiger partial charge in [-0.15, -0.1) is 0 Å². The molecule has 0 spiro atoms. The maximum atomic E-state index is 11.9. The molecule has 1 N–H and O–H groups in total. The molecule has 0 bridgehead atoms. The molecule has 3 rings (SSSR count). The summed E-state index contributed by atoms with van der Waals surface area (Å²) in [4.78, 5) is 16.6. The van der Waals surface area contributed by atoms with Crippen molar-refractivity contribution in [3.8, 4) is 5.75 Å². The Balaban J connectivity index is 1.71. The van der Waals surface area contributed by atoms with E-state index < -0.39 is 0 Å². The van der Waals surface area contributed by atoms with Crippen molar-refractivity contribution < 1.29 is 14.3 Å². The van der Waals surface area contributed by atoms with Crippen molar-refractivity contribution in [1.82, 2.24) is 14.9 Å². The standard InChI is InChI=1S/C21H25N3O3/c1-16(22-20(25)15-26-2)21-23-18-11-6-7-12-19(18)24(21)13-8-14-27-17-9-4-3-5-10-17/h3-7,9-12,16H,8,13-15H2,1-2H3,(H,22,25). The number of nitrogens with zero attached hydrogens (tertiary/aromatic N) is 2. The molecule has 142 valence electrons. The molecule has 1 atom stereocenters. The van der Waals surface area contributed by atoms with Crippen LogP contribution in [0.5, 0.6) is 5.75 Å². The van der Waals surface area contributed by atoms with Gasteiger partial charge >= 0.3 is 0 Å². The Morgan fingerprint density at radius 3 is 2.67 bits per heavy atom. The Bertz CT molecular complexity index is 877. The molecule has 0 saturated heterocycles. The molecule has 1 unspecified atom stereocenters. The molecule has 1 heterocycles. The van der Waals surface area contributed by atoms with Crippen molar-refractivity contribution in [2.45, 2.75) is 25.9 Å². The van der Waals surface area contributed by atoms with Crippen molar-refractivity contribution in [3.05, 3.63) is 60.4 Å². The van der Waals surface area contributed by atoms with Gasteiger partial charge in [0.1, 0.15) is 18.2 Å². The van der Waals surface area contributed by atoms with E-state index in [1.54, 1.807) is 0 Å². The fraction of sp³-hybridized carbons (Fsp3) is 0.333. The van der Waals surface area contributed by atoms with Crippen molar-refractivity contribution in [3.63, 3.8) is 0 Å². The third-order valence-electron chi connectivity index (χ3n) is 4.26. The monoisotopic (exact) mass is 367 g/mol. The molecule has 3 aromatic rings. The number of para-hydroxylation sites is 3. The first kappa shape index (κ1) is 18.9. The Hall–Kier alpha value is -2.86. The number of aromatic nitrogens is 2. The van der Waals surface area contributed by atoms with E-state index in [0.29, 0.717) is 6.61 Å². The van der Waals surface area contributed by atoms with E-state index in [0.717, 1.165) is 35.6 Å². The summed E-state index contributed by atoms with van der Waals surface area (Å²) in [5, 5.41) is 2.94. The number of nitrogens with one attached hydrogen (secondary N) is 1. The third-order valence-corrected chi connectivity index (χ3v) is 4.26. The second-order valence-corrected chi connectivity index (χ2v) is 6.35. The van der Waals surface area contributed by atoms with Crippen LogP contribution in [-0.2, 0) is 16.1 Å². The highest BCUT2D eigenvalue weighted by molar-refractivity contribution is 5.78. The third kappa shape index (κ3) is 4.86. The van der Waals surface area contributed by atoms with Crippen LogP contribution in [0.1, 0.15) is 25.2 Å². The number of fused-ring (bicyclic) bond motifs is 1. The first-order valence-electron chi connectivity index (χ1n) is 9.10. The van der Waals surface area contributed by atoms with Gasteiger partial charge in [0, 0.05) is 13.7 Å². The van der Waals surface area contributed by atoms with Crippen LogP contribution in [0.15, 0.2) is 54.6 Å². The van der Waals surface area contributed by atoms with E-state index in [4.69, 9.17) is 14.5 Å². The molecule has 1 aromatic heterocycles. The Labute approximate surface area is 159 Å². The van der Waals surface area contributed by atoms with Crippen LogP contribution in [0.3, 0.4) is 0 Å². The van der Waals surface area contributed by atoms with Gasteiger partial charge in [-0.3, -0.25) is 4.79 Å². The number of amides is 1. The van der Waals surface area contributed by atoms with E-state index in [2.05, 4.69) is 9.88 Å². The van der Waals surface area contributed by atoms with Gasteiger partial charge in [-0.2, -0.15) is 0 Å². The molecule has 27 heavy (non-hydrogen) atoms. The number of ether oxygens (including phenoxy) is 2. The number of carbonyl (C=O) groups is 1. The predicted molar refractivity (Wildman–Crippen MR) is 105 cm³/mol. The fourth-order valence-corrected chi connectivity index (χ4v) is 3.07. The average Bonchev–Trinajstić information content (AvgIpc) is 3.05. The highest BCUT2D eigenvalue weighted by atomic mass is 16.5. The Morgan fingerprint density at radius 2 is 1.89 bits per heavy atom. The molecule has 0 fully saturated rings. The Kier molecular flexibility index (Phi) is 6.44. The van der Waals surface area contributed by atoms with E-state index in [1.807, 2.05) is 61.5 Å². The summed E-state index contributed by atoms with van der Waals surface area (Å²) in [6.07, 6.45) is 0.834. The maximum Gasteiger partial charge on any atom is 0.246 e. The zero-order valence-corrected chi connectivity index (χ0v) is 15.7. The number of methoxy groups -OCH3 is 1. The zero-order chi connectivity index (χ0) is 19.1. The summed E-state index contributed by atoms with van der Waals surface area (Å²) in [6, 6.07) is 17.6. The summed E-state index contributed by atoms with van der Waals surface area (Å²) in [5.41, 5.74) is 1.98. The molecule has 2 aromatic carbocycles. The van der Waals surface area contributed by atoms with Crippen LogP contribution in [0.2, 0.25) is 0 Å². The molecule has 6 nitrogen and oxygen atoms in total. The summed E-state index contributed by atoms with van der Waals surface area (Å²) in [6.45, 7) is 3.34. The van der Waals surface area contributed by atoms with Gasteiger partial charge in [0.05, 0.1) is 23.7 Å². The highest BCUT2D eigenvalue weighted by Crippen LogP contribution is 2.21. The van der Waals surface area contributed by atoms with Crippen LogP contribution in [-0.4, -0.2) is 35.8 Å². The molecular formula is C21H25N3O3. The number of benzene rings is 2. The van der Waals surface area contributed by atoms with Gasteiger partial charge in [-0.05, 0) is 37.6 Å². The largest absolute Gasteiger partial charge is 0.494 e. The minimum atomic E-state index is -0.213. The van der Waals surface area contributed by atoms with E-state index >= 15 is 0 Å². The normalized spacial score (nSPS) is 12.1. The van der Waals surface area contributed by atoms with Gasteiger partial charge in [-0.1, -0.05) is 30.3 Å². The summed E-state index contributed by atoms with van der Waals surface area (Å²) in [5.74, 6) is 1.55. The molecule has 0 saturated carbocycles. The van der Waals surface area contributed by atoms with Gasteiger partial charge in [-0.25, -0.2) is 4.98 Å². The number of aryl methyl sites for hydroxylation is 1. The topological polar surface area (TPSA) is 65.4 Å². The van der Waals surface area contributed by atoms with Crippen molar-refractivity contribution in [2.24, 2.45) is 0 Å². The number of rotatable bonds is 9. The van der Waals surface area contributed by atoms with Gasteiger partial charge in [0.15, 0.2) is 0 Å². The Morgan fingerprint density at radius 1 is 1.15 bits per heavy atom. The quantitative estimate of drug-likeness (QED) is 0.589. The molecule has 6 heteroatoms. The van der Waals surface area contributed by atoms with Crippen molar-refractivity contribution in [2.75, 3.05) is 20.3 Å². The smallest absolute Gasteiger partial charge is 0.246 e. The van der Waals surface area contributed by atoms with Crippen LogP contribution in [0.4, 0.5) is 0 Å². The highest BCUT2D eigenvalue weighted by Gasteiger charge is 2.18. The lowest BCUT2D eigenvalue weighted by Crippen LogP contribution is -2.31. The molecule has 1 amide bonds. The minimum absolute atomic E-state index is 0.0372.